The molecule has 2 heterocycles. The zero-order valence-corrected chi connectivity index (χ0v) is 12.3. The third-order valence-electron chi connectivity index (χ3n) is 3.84. The van der Waals surface area contributed by atoms with Gasteiger partial charge in [0, 0.05) is 30.8 Å². The molecule has 1 aromatic carbocycles. The predicted molar refractivity (Wildman–Crippen MR) is 83.0 cm³/mol. The molecule has 1 aromatic heterocycles. The Balaban J connectivity index is 2.08. The Kier molecular flexibility index (Phi) is 3.60. The van der Waals surface area contributed by atoms with Crippen LogP contribution in [0.5, 0.6) is 11.5 Å². The highest BCUT2D eigenvalue weighted by Gasteiger charge is 2.20. The Morgan fingerprint density at radius 3 is 2.38 bits per heavy atom. The van der Waals surface area contributed by atoms with Crippen molar-refractivity contribution in [3.8, 4) is 22.8 Å². The molecule has 6 nitrogen and oxygen atoms in total. The van der Waals surface area contributed by atoms with E-state index >= 15 is 0 Å². The number of hydrogen-bond donors (Lipinski definition) is 2. The number of aromatic amines is 1. The molecule has 0 unspecified atom stereocenters. The Morgan fingerprint density at radius 1 is 1.10 bits per heavy atom. The van der Waals surface area contributed by atoms with E-state index in [1.807, 2.05) is 12.1 Å². The Bertz CT molecular complexity index is 633. The molecule has 1 aliphatic heterocycles. The number of methoxy groups -OCH3 is 2. The molecule has 3 rings (SSSR count). The summed E-state index contributed by atoms with van der Waals surface area (Å²) in [5.41, 5.74) is 8.46. The van der Waals surface area contributed by atoms with Gasteiger partial charge >= 0.3 is 0 Å². The van der Waals surface area contributed by atoms with E-state index in [1.54, 1.807) is 20.3 Å². The van der Waals surface area contributed by atoms with Gasteiger partial charge in [-0.1, -0.05) is 0 Å². The second kappa shape index (κ2) is 5.55. The SMILES string of the molecule is COc1cc(N2CCCC2)c(OC)cc1-c1cc(N)n[nH]1. The van der Waals surface area contributed by atoms with E-state index < -0.39 is 0 Å². The van der Waals surface area contributed by atoms with Crippen LogP contribution in [0.25, 0.3) is 11.3 Å². The van der Waals surface area contributed by atoms with Gasteiger partial charge in [0.25, 0.3) is 0 Å². The van der Waals surface area contributed by atoms with Crippen LogP contribution >= 0.6 is 0 Å². The third-order valence-corrected chi connectivity index (χ3v) is 3.84. The number of nitrogens with two attached hydrogens (primary N) is 1. The molecule has 0 atom stereocenters. The second-order valence-electron chi connectivity index (χ2n) is 5.12. The van der Waals surface area contributed by atoms with Gasteiger partial charge in [-0.2, -0.15) is 5.10 Å². The molecule has 112 valence electrons. The molecule has 2 aromatic rings. The summed E-state index contributed by atoms with van der Waals surface area (Å²) >= 11 is 0. The maximum Gasteiger partial charge on any atom is 0.145 e. The molecule has 1 saturated heterocycles. The Hall–Kier alpha value is -2.37. The fourth-order valence-electron chi connectivity index (χ4n) is 2.77. The van der Waals surface area contributed by atoms with Crippen molar-refractivity contribution in [3.05, 3.63) is 18.2 Å². The molecule has 0 spiro atoms. The minimum Gasteiger partial charge on any atom is -0.496 e. The van der Waals surface area contributed by atoms with Gasteiger partial charge in [-0.15, -0.1) is 0 Å². The molecule has 3 N–H and O–H groups in total. The molecule has 0 radical (unpaired) electrons. The first-order valence-corrected chi connectivity index (χ1v) is 7.05. The van der Waals surface area contributed by atoms with E-state index in [0.717, 1.165) is 41.5 Å². The number of aromatic nitrogens is 2. The standard InChI is InChI=1S/C15H20N4O2/c1-20-13-9-12(19-5-3-4-6-19)14(21-2)7-10(13)11-8-15(16)18-17-11/h7-9H,3-6H2,1-2H3,(H3,16,17,18). The van der Waals surface area contributed by atoms with Crippen LogP contribution in [0.3, 0.4) is 0 Å². The lowest BCUT2D eigenvalue weighted by Crippen LogP contribution is -2.18. The number of hydrogen-bond acceptors (Lipinski definition) is 5. The number of nitrogen functional groups attached to an aromatic ring is 1. The quantitative estimate of drug-likeness (QED) is 0.902. The number of nitrogens with one attached hydrogen (secondary N) is 1. The first-order chi connectivity index (χ1) is 10.2. The van der Waals surface area contributed by atoms with Crippen molar-refractivity contribution < 1.29 is 9.47 Å². The Labute approximate surface area is 123 Å². The molecular weight excluding hydrogens is 268 g/mol. The minimum absolute atomic E-state index is 0.453. The van der Waals surface area contributed by atoms with Gasteiger partial charge in [-0.25, -0.2) is 0 Å². The Morgan fingerprint density at radius 2 is 1.81 bits per heavy atom. The largest absolute Gasteiger partial charge is 0.496 e. The first kappa shape index (κ1) is 13.6. The maximum atomic E-state index is 5.68. The van der Waals surface area contributed by atoms with E-state index in [9.17, 15) is 0 Å². The zero-order chi connectivity index (χ0) is 14.8. The van der Waals surface area contributed by atoms with Crippen molar-refractivity contribution in [2.45, 2.75) is 12.8 Å². The number of rotatable bonds is 4. The minimum atomic E-state index is 0.453. The van der Waals surface area contributed by atoms with E-state index in [-0.39, 0.29) is 0 Å². The van der Waals surface area contributed by atoms with Crippen LogP contribution in [0.4, 0.5) is 11.5 Å². The van der Waals surface area contributed by atoms with Gasteiger partial charge in [0.05, 0.1) is 25.6 Å². The lowest BCUT2D eigenvalue weighted by molar-refractivity contribution is 0.404. The summed E-state index contributed by atoms with van der Waals surface area (Å²) in [4.78, 5) is 2.33. The van der Waals surface area contributed by atoms with Gasteiger partial charge < -0.3 is 20.1 Å². The smallest absolute Gasteiger partial charge is 0.145 e. The van der Waals surface area contributed by atoms with Crippen LogP contribution in [0, 0.1) is 0 Å². The van der Waals surface area contributed by atoms with Crippen molar-refractivity contribution in [1.29, 1.82) is 0 Å². The predicted octanol–water partition coefficient (Wildman–Crippen LogP) is 2.28. The molecule has 0 amide bonds. The zero-order valence-electron chi connectivity index (χ0n) is 12.3. The van der Waals surface area contributed by atoms with Crippen LogP contribution in [-0.4, -0.2) is 37.5 Å². The van der Waals surface area contributed by atoms with E-state index in [2.05, 4.69) is 15.1 Å². The van der Waals surface area contributed by atoms with Crippen LogP contribution in [-0.2, 0) is 0 Å². The first-order valence-electron chi connectivity index (χ1n) is 7.05. The molecule has 0 saturated carbocycles. The van der Waals surface area contributed by atoms with Gasteiger partial charge in [0.2, 0.25) is 0 Å². The average Bonchev–Trinajstić information content (AvgIpc) is 3.17. The normalized spacial score (nSPS) is 14.5. The van der Waals surface area contributed by atoms with Crippen molar-refractivity contribution in [1.82, 2.24) is 10.2 Å². The van der Waals surface area contributed by atoms with Crippen LogP contribution < -0.4 is 20.1 Å². The number of H-pyrrole nitrogens is 1. The summed E-state index contributed by atoms with van der Waals surface area (Å²) in [6.45, 7) is 2.10. The molecule has 21 heavy (non-hydrogen) atoms. The van der Waals surface area contributed by atoms with Gasteiger partial charge in [-0.05, 0) is 18.9 Å². The van der Waals surface area contributed by atoms with Crippen molar-refractivity contribution in [2.75, 3.05) is 37.9 Å². The second-order valence-corrected chi connectivity index (χ2v) is 5.12. The molecule has 6 heteroatoms. The molecule has 0 bridgehead atoms. The average molecular weight is 288 g/mol. The molecular formula is C15H20N4O2. The van der Waals surface area contributed by atoms with E-state index in [1.165, 1.54) is 12.8 Å². The van der Waals surface area contributed by atoms with Gasteiger partial charge in [0.15, 0.2) is 0 Å². The maximum absolute atomic E-state index is 5.68. The van der Waals surface area contributed by atoms with Crippen LogP contribution in [0.2, 0.25) is 0 Å². The summed E-state index contributed by atoms with van der Waals surface area (Å²) in [6, 6.07) is 5.78. The summed E-state index contributed by atoms with van der Waals surface area (Å²) in [6.07, 6.45) is 2.43. The number of ether oxygens (including phenoxy) is 2. The van der Waals surface area contributed by atoms with Crippen molar-refractivity contribution in [2.24, 2.45) is 0 Å². The fourth-order valence-corrected chi connectivity index (χ4v) is 2.77. The molecule has 1 fully saturated rings. The highest BCUT2D eigenvalue weighted by atomic mass is 16.5. The van der Waals surface area contributed by atoms with Gasteiger partial charge in [-0.3, -0.25) is 5.10 Å². The van der Waals surface area contributed by atoms with Crippen molar-refractivity contribution >= 4 is 11.5 Å². The lowest BCUT2D eigenvalue weighted by atomic mass is 10.1. The van der Waals surface area contributed by atoms with E-state index in [0.29, 0.717) is 5.82 Å². The fraction of sp³-hybridized carbons (Fsp3) is 0.400. The number of anilines is 2. The third kappa shape index (κ3) is 2.49. The summed E-state index contributed by atoms with van der Waals surface area (Å²) in [5.74, 6) is 2.07. The monoisotopic (exact) mass is 288 g/mol. The highest BCUT2D eigenvalue weighted by molar-refractivity contribution is 5.77. The lowest BCUT2D eigenvalue weighted by Gasteiger charge is -2.22. The van der Waals surface area contributed by atoms with E-state index in [4.69, 9.17) is 15.2 Å². The summed E-state index contributed by atoms with van der Waals surface area (Å²) in [5, 5.41) is 6.88. The molecule has 1 aliphatic rings. The molecule has 0 aliphatic carbocycles. The van der Waals surface area contributed by atoms with Gasteiger partial charge in [0.1, 0.15) is 17.3 Å². The van der Waals surface area contributed by atoms with Crippen LogP contribution in [0.15, 0.2) is 18.2 Å². The summed E-state index contributed by atoms with van der Waals surface area (Å²) in [7, 11) is 3.35. The highest BCUT2D eigenvalue weighted by Crippen LogP contribution is 2.41. The number of nitrogens with zero attached hydrogens (tertiary/aromatic N) is 2. The topological polar surface area (TPSA) is 76.4 Å². The summed E-state index contributed by atoms with van der Waals surface area (Å²) < 4.78 is 11.1. The van der Waals surface area contributed by atoms with Crippen molar-refractivity contribution in [3.63, 3.8) is 0 Å². The van der Waals surface area contributed by atoms with Crippen LogP contribution in [0.1, 0.15) is 12.8 Å². The number of benzene rings is 1.